The number of hydrogen-bond donors (Lipinski definition) is 0. The first-order chi connectivity index (χ1) is 9.74. The third-order valence-corrected chi connectivity index (χ3v) is 4.39. The van der Waals surface area contributed by atoms with Crippen LogP contribution in [-0.2, 0) is 7.05 Å². The molecule has 0 amide bonds. The van der Waals surface area contributed by atoms with E-state index in [0.29, 0.717) is 0 Å². The van der Waals surface area contributed by atoms with E-state index < -0.39 is 0 Å². The maximum Gasteiger partial charge on any atom is 0.107 e. The Morgan fingerprint density at radius 3 is 2.40 bits per heavy atom. The largest absolute Gasteiger partial charge is 0.328 e. The van der Waals surface area contributed by atoms with E-state index >= 15 is 0 Å². The average Bonchev–Trinajstić information content (AvgIpc) is 2.84. The molecule has 2 nitrogen and oxygen atoms in total. The molecule has 100 valence electrons. The van der Waals surface area contributed by atoms with Crippen LogP contribution in [0.5, 0.6) is 0 Å². The third-order valence-electron chi connectivity index (χ3n) is 2.96. The molecule has 0 aliphatic rings. The molecule has 1 heterocycles. The van der Waals surface area contributed by atoms with Gasteiger partial charge in [-0.1, -0.05) is 53.7 Å². The van der Waals surface area contributed by atoms with Crippen molar-refractivity contribution in [2.45, 2.75) is 9.92 Å². The fraction of sp³-hybridized carbons (Fsp3) is 0.0625. The number of imidazole rings is 1. The second kappa shape index (κ2) is 5.73. The van der Waals surface area contributed by atoms with E-state index in [1.54, 1.807) is 11.8 Å². The summed E-state index contributed by atoms with van der Waals surface area (Å²) < 4.78 is 2.04. The van der Waals surface area contributed by atoms with Crippen LogP contribution in [0, 0.1) is 0 Å². The smallest absolute Gasteiger partial charge is 0.107 e. The first-order valence-electron chi connectivity index (χ1n) is 6.24. The Bertz CT molecular complexity index is 705. The summed E-state index contributed by atoms with van der Waals surface area (Å²) in [5.74, 6) is 0. The Kier molecular flexibility index (Phi) is 3.81. The summed E-state index contributed by atoms with van der Waals surface area (Å²) >= 11 is 7.62. The molecular formula is C16H13ClN2S. The van der Waals surface area contributed by atoms with Crippen LogP contribution in [0.2, 0.25) is 5.02 Å². The Balaban J connectivity index is 1.97. The first kappa shape index (κ1) is 13.3. The van der Waals surface area contributed by atoms with Gasteiger partial charge in [0.25, 0.3) is 0 Å². The zero-order chi connectivity index (χ0) is 13.9. The van der Waals surface area contributed by atoms with E-state index in [1.807, 2.05) is 60.4 Å². The van der Waals surface area contributed by atoms with Gasteiger partial charge >= 0.3 is 0 Å². The fourth-order valence-electron chi connectivity index (χ4n) is 1.95. The molecule has 2 aromatic carbocycles. The molecule has 4 heteroatoms. The van der Waals surface area contributed by atoms with E-state index in [-0.39, 0.29) is 0 Å². The molecule has 0 radical (unpaired) electrons. The van der Waals surface area contributed by atoms with E-state index in [0.717, 1.165) is 26.2 Å². The highest BCUT2D eigenvalue weighted by Crippen LogP contribution is 2.35. The molecule has 0 spiro atoms. The predicted molar refractivity (Wildman–Crippen MR) is 84.2 cm³/mol. The summed E-state index contributed by atoms with van der Waals surface area (Å²) in [4.78, 5) is 5.66. The lowest BCUT2D eigenvalue weighted by Crippen LogP contribution is -1.89. The minimum atomic E-state index is 0.752. The maximum absolute atomic E-state index is 5.93. The molecule has 0 saturated carbocycles. The van der Waals surface area contributed by atoms with E-state index in [4.69, 9.17) is 11.6 Å². The Labute approximate surface area is 127 Å². The first-order valence-corrected chi connectivity index (χ1v) is 7.43. The molecule has 1 aromatic heterocycles. The summed E-state index contributed by atoms with van der Waals surface area (Å²) in [6.07, 6.45) is 1.85. The van der Waals surface area contributed by atoms with Crippen molar-refractivity contribution >= 4 is 23.4 Å². The fourth-order valence-corrected chi connectivity index (χ4v) is 3.03. The Morgan fingerprint density at radius 1 is 1.00 bits per heavy atom. The van der Waals surface area contributed by atoms with Crippen LogP contribution in [-0.4, -0.2) is 9.55 Å². The third kappa shape index (κ3) is 2.74. The van der Waals surface area contributed by atoms with Gasteiger partial charge in [-0.25, -0.2) is 4.98 Å². The zero-order valence-electron chi connectivity index (χ0n) is 11.0. The molecule has 0 atom stereocenters. The van der Waals surface area contributed by atoms with Gasteiger partial charge in [0.15, 0.2) is 0 Å². The second-order valence-corrected chi connectivity index (χ2v) is 5.93. The summed E-state index contributed by atoms with van der Waals surface area (Å²) in [5, 5.41) is 1.88. The second-order valence-electron chi connectivity index (χ2n) is 4.43. The number of rotatable bonds is 3. The molecule has 0 fully saturated rings. The van der Waals surface area contributed by atoms with Gasteiger partial charge in [-0.3, -0.25) is 0 Å². The lowest BCUT2D eigenvalue weighted by Gasteiger charge is -2.06. The standard InChI is InChI=1S/C16H13ClN2S/c1-19-11-18-15(12-5-3-2-4-6-12)16(19)20-14-9-7-13(17)8-10-14/h2-11H,1H3. The van der Waals surface area contributed by atoms with Gasteiger partial charge in [-0.2, -0.15) is 0 Å². The number of aryl methyl sites for hydroxylation is 1. The average molecular weight is 301 g/mol. The highest BCUT2D eigenvalue weighted by atomic mass is 35.5. The van der Waals surface area contributed by atoms with Gasteiger partial charge in [0, 0.05) is 22.5 Å². The lowest BCUT2D eigenvalue weighted by atomic mass is 10.2. The number of benzene rings is 2. The van der Waals surface area contributed by atoms with Crippen molar-refractivity contribution in [3.8, 4) is 11.3 Å². The molecule has 3 rings (SSSR count). The van der Waals surface area contributed by atoms with Crippen molar-refractivity contribution in [1.29, 1.82) is 0 Å². The van der Waals surface area contributed by atoms with Crippen LogP contribution in [0.1, 0.15) is 0 Å². The molecule has 0 aliphatic carbocycles. The van der Waals surface area contributed by atoms with Crippen molar-refractivity contribution in [3.63, 3.8) is 0 Å². The molecule has 3 aromatic rings. The molecule has 0 aliphatic heterocycles. The molecule has 0 saturated heterocycles. The molecule has 0 bridgehead atoms. The number of halogens is 1. The van der Waals surface area contributed by atoms with Gasteiger partial charge in [0.1, 0.15) is 10.7 Å². The van der Waals surface area contributed by atoms with Gasteiger partial charge < -0.3 is 4.57 Å². The summed E-state index contributed by atoms with van der Waals surface area (Å²) in [6, 6.07) is 18.1. The minimum Gasteiger partial charge on any atom is -0.328 e. The topological polar surface area (TPSA) is 17.8 Å². The molecular weight excluding hydrogens is 288 g/mol. The van der Waals surface area contributed by atoms with Crippen molar-refractivity contribution in [2.75, 3.05) is 0 Å². The number of aromatic nitrogens is 2. The highest BCUT2D eigenvalue weighted by Gasteiger charge is 2.12. The Hall–Kier alpha value is -1.71. The molecule has 0 unspecified atom stereocenters. The quantitative estimate of drug-likeness (QED) is 0.685. The lowest BCUT2D eigenvalue weighted by molar-refractivity contribution is 0.825. The van der Waals surface area contributed by atoms with Crippen molar-refractivity contribution in [3.05, 3.63) is 65.9 Å². The minimum absolute atomic E-state index is 0.752. The van der Waals surface area contributed by atoms with Crippen LogP contribution in [0.15, 0.2) is 70.8 Å². The number of nitrogens with zero attached hydrogens (tertiary/aromatic N) is 2. The SMILES string of the molecule is Cn1cnc(-c2ccccc2)c1Sc1ccc(Cl)cc1. The van der Waals surface area contributed by atoms with Crippen LogP contribution in [0.25, 0.3) is 11.3 Å². The summed E-state index contributed by atoms with van der Waals surface area (Å²) in [6.45, 7) is 0. The predicted octanol–water partition coefficient (Wildman–Crippen LogP) is 4.89. The van der Waals surface area contributed by atoms with E-state index in [9.17, 15) is 0 Å². The van der Waals surface area contributed by atoms with Crippen LogP contribution in [0.3, 0.4) is 0 Å². The van der Waals surface area contributed by atoms with Crippen LogP contribution < -0.4 is 0 Å². The van der Waals surface area contributed by atoms with Crippen molar-refractivity contribution in [2.24, 2.45) is 7.05 Å². The number of hydrogen-bond acceptors (Lipinski definition) is 2. The van der Waals surface area contributed by atoms with Crippen LogP contribution >= 0.6 is 23.4 Å². The maximum atomic E-state index is 5.93. The summed E-state index contributed by atoms with van der Waals surface area (Å²) in [7, 11) is 2.01. The highest BCUT2D eigenvalue weighted by molar-refractivity contribution is 7.99. The van der Waals surface area contributed by atoms with Gasteiger partial charge in [-0.15, -0.1) is 0 Å². The Morgan fingerprint density at radius 2 is 1.70 bits per heavy atom. The van der Waals surface area contributed by atoms with Crippen molar-refractivity contribution in [1.82, 2.24) is 9.55 Å². The summed E-state index contributed by atoms with van der Waals surface area (Å²) in [5.41, 5.74) is 2.14. The van der Waals surface area contributed by atoms with E-state index in [1.165, 1.54) is 0 Å². The van der Waals surface area contributed by atoms with E-state index in [2.05, 4.69) is 17.1 Å². The van der Waals surface area contributed by atoms with Crippen LogP contribution in [0.4, 0.5) is 0 Å². The monoisotopic (exact) mass is 300 g/mol. The normalized spacial score (nSPS) is 10.7. The van der Waals surface area contributed by atoms with Gasteiger partial charge in [-0.05, 0) is 24.3 Å². The van der Waals surface area contributed by atoms with Crippen molar-refractivity contribution < 1.29 is 0 Å². The van der Waals surface area contributed by atoms with Gasteiger partial charge in [0.2, 0.25) is 0 Å². The van der Waals surface area contributed by atoms with Gasteiger partial charge in [0.05, 0.1) is 6.33 Å². The molecule has 20 heavy (non-hydrogen) atoms. The zero-order valence-corrected chi connectivity index (χ0v) is 12.5. The molecule has 0 N–H and O–H groups in total.